The molecule has 0 fully saturated rings. The predicted molar refractivity (Wildman–Crippen MR) is 105 cm³/mol. The van der Waals surface area contributed by atoms with Gasteiger partial charge in [0.15, 0.2) is 6.10 Å². The Morgan fingerprint density at radius 2 is 1.85 bits per heavy atom. The van der Waals surface area contributed by atoms with E-state index in [9.17, 15) is 4.79 Å². The van der Waals surface area contributed by atoms with Gasteiger partial charge in [0.05, 0.1) is 0 Å². The van der Waals surface area contributed by atoms with Crippen molar-refractivity contribution in [3.63, 3.8) is 0 Å². The van der Waals surface area contributed by atoms with Crippen LogP contribution in [0.3, 0.4) is 0 Å². The predicted octanol–water partition coefficient (Wildman–Crippen LogP) is 4.96. The highest BCUT2D eigenvalue weighted by Gasteiger charge is 2.20. The molecule has 1 aromatic heterocycles. The minimum Gasteiger partial charge on any atom is -0.481 e. The fourth-order valence-electron chi connectivity index (χ4n) is 2.27. The van der Waals surface area contributed by atoms with Gasteiger partial charge in [-0.1, -0.05) is 59.7 Å². The van der Waals surface area contributed by atoms with E-state index in [1.807, 2.05) is 50.2 Å². The lowest BCUT2D eigenvalue weighted by Gasteiger charge is -2.16. The first-order chi connectivity index (χ1) is 12.5. The van der Waals surface area contributed by atoms with Gasteiger partial charge in [0.2, 0.25) is 5.13 Å². The minimum absolute atomic E-state index is 0.244. The van der Waals surface area contributed by atoms with Gasteiger partial charge >= 0.3 is 0 Å². The van der Waals surface area contributed by atoms with Crippen LogP contribution in [0, 0.1) is 6.92 Å². The molecule has 3 rings (SSSR count). The van der Waals surface area contributed by atoms with Crippen molar-refractivity contribution in [2.24, 2.45) is 0 Å². The first kappa shape index (κ1) is 18.4. The summed E-state index contributed by atoms with van der Waals surface area (Å²) in [6, 6.07) is 14.9. The second kappa shape index (κ2) is 8.29. The van der Waals surface area contributed by atoms with Gasteiger partial charge in [0.1, 0.15) is 10.8 Å². The lowest BCUT2D eigenvalue weighted by atomic mass is 10.2. The number of carbonyl (C=O) groups is 1. The summed E-state index contributed by atoms with van der Waals surface area (Å²) in [6.07, 6.45) is -0.0525. The van der Waals surface area contributed by atoms with E-state index in [4.69, 9.17) is 16.3 Å². The van der Waals surface area contributed by atoms with E-state index >= 15 is 0 Å². The van der Waals surface area contributed by atoms with Crippen molar-refractivity contribution in [1.82, 2.24) is 10.2 Å². The maximum atomic E-state index is 12.5. The van der Waals surface area contributed by atoms with E-state index in [0.29, 0.717) is 27.3 Å². The highest BCUT2D eigenvalue weighted by atomic mass is 35.5. The third-order valence-electron chi connectivity index (χ3n) is 3.71. The molecule has 3 aromatic rings. The monoisotopic (exact) mass is 387 g/mol. The number of anilines is 1. The molecule has 0 saturated carbocycles. The second-order valence-electron chi connectivity index (χ2n) is 5.74. The van der Waals surface area contributed by atoms with E-state index in [2.05, 4.69) is 15.5 Å². The van der Waals surface area contributed by atoms with Crippen LogP contribution >= 0.6 is 22.9 Å². The van der Waals surface area contributed by atoms with E-state index in [0.717, 1.165) is 11.1 Å². The average molecular weight is 388 g/mol. The number of amides is 1. The molecular weight excluding hydrogens is 370 g/mol. The summed E-state index contributed by atoms with van der Waals surface area (Å²) in [5, 5.41) is 12.7. The first-order valence-electron chi connectivity index (χ1n) is 8.19. The number of carbonyl (C=O) groups excluding carboxylic acids is 1. The van der Waals surface area contributed by atoms with Crippen LogP contribution in [0.15, 0.2) is 48.5 Å². The maximum absolute atomic E-state index is 12.5. The Balaban J connectivity index is 1.66. The molecule has 7 heteroatoms. The number of aryl methyl sites for hydroxylation is 1. The van der Waals surface area contributed by atoms with Crippen molar-refractivity contribution in [1.29, 1.82) is 0 Å². The largest absolute Gasteiger partial charge is 0.481 e. The van der Waals surface area contributed by atoms with Crippen molar-refractivity contribution in [2.75, 3.05) is 5.32 Å². The molecule has 1 N–H and O–H groups in total. The minimum atomic E-state index is -0.597. The van der Waals surface area contributed by atoms with Crippen LogP contribution in [0.2, 0.25) is 5.02 Å². The molecule has 1 amide bonds. The van der Waals surface area contributed by atoms with Crippen LogP contribution in [0.1, 0.15) is 18.9 Å². The van der Waals surface area contributed by atoms with E-state index in [1.54, 1.807) is 12.1 Å². The Morgan fingerprint density at radius 3 is 2.50 bits per heavy atom. The number of hydrogen-bond acceptors (Lipinski definition) is 5. The molecule has 2 aromatic carbocycles. The van der Waals surface area contributed by atoms with Crippen molar-refractivity contribution >= 4 is 34.0 Å². The van der Waals surface area contributed by atoms with Crippen molar-refractivity contribution in [3.8, 4) is 16.3 Å². The summed E-state index contributed by atoms with van der Waals surface area (Å²) in [5.74, 6) is 0.420. The normalized spacial score (nSPS) is 11.8. The summed E-state index contributed by atoms with van der Waals surface area (Å²) in [5.41, 5.74) is 2.04. The molecule has 134 valence electrons. The van der Waals surface area contributed by atoms with Gasteiger partial charge in [-0.05, 0) is 37.6 Å². The lowest BCUT2D eigenvalue weighted by molar-refractivity contribution is -0.122. The lowest BCUT2D eigenvalue weighted by Crippen LogP contribution is -2.32. The number of nitrogens with zero attached hydrogens (tertiary/aromatic N) is 2. The Hall–Kier alpha value is -2.44. The Kier molecular flexibility index (Phi) is 5.85. The molecule has 0 aliphatic heterocycles. The molecule has 1 atom stereocenters. The molecule has 5 nitrogen and oxygen atoms in total. The topological polar surface area (TPSA) is 64.1 Å². The zero-order valence-electron chi connectivity index (χ0n) is 14.4. The smallest absolute Gasteiger partial charge is 0.267 e. The molecule has 1 heterocycles. The molecule has 26 heavy (non-hydrogen) atoms. The number of nitrogens with one attached hydrogen (secondary N) is 1. The number of halogens is 1. The summed E-state index contributed by atoms with van der Waals surface area (Å²) < 4.78 is 5.79. The molecule has 0 spiro atoms. The van der Waals surface area contributed by atoms with Gasteiger partial charge in [-0.15, -0.1) is 10.2 Å². The molecule has 0 aliphatic rings. The second-order valence-corrected chi connectivity index (χ2v) is 7.15. The van der Waals surface area contributed by atoms with E-state index < -0.39 is 6.10 Å². The quantitative estimate of drug-likeness (QED) is 0.649. The first-order valence-corrected chi connectivity index (χ1v) is 9.38. The Bertz CT molecular complexity index is 879. The van der Waals surface area contributed by atoms with Crippen molar-refractivity contribution in [2.45, 2.75) is 26.4 Å². The van der Waals surface area contributed by atoms with Gasteiger partial charge in [-0.3, -0.25) is 10.1 Å². The zero-order valence-corrected chi connectivity index (χ0v) is 16.0. The van der Waals surface area contributed by atoms with Gasteiger partial charge in [0, 0.05) is 10.6 Å². The van der Waals surface area contributed by atoms with Crippen LogP contribution in [-0.4, -0.2) is 22.2 Å². The summed E-state index contributed by atoms with van der Waals surface area (Å²) in [4.78, 5) is 12.5. The summed E-state index contributed by atoms with van der Waals surface area (Å²) >= 11 is 7.20. The van der Waals surface area contributed by atoms with Gasteiger partial charge in [-0.25, -0.2) is 0 Å². The SMILES string of the molecule is CC[C@H](Oc1ccc(C)cc1)C(=O)Nc1nnc(-c2ccc(Cl)cc2)s1. The number of rotatable bonds is 6. The molecule has 0 radical (unpaired) electrons. The fourth-order valence-corrected chi connectivity index (χ4v) is 3.15. The number of hydrogen-bond donors (Lipinski definition) is 1. The van der Waals surface area contributed by atoms with E-state index in [1.165, 1.54) is 11.3 Å². The zero-order chi connectivity index (χ0) is 18.5. The molecule has 0 aliphatic carbocycles. The van der Waals surface area contributed by atoms with Crippen LogP contribution < -0.4 is 10.1 Å². The van der Waals surface area contributed by atoms with Crippen LogP contribution in [0.5, 0.6) is 5.75 Å². The third kappa shape index (κ3) is 4.59. The Morgan fingerprint density at radius 1 is 1.15 bits per heavy atom. The maximum Gasteiger partial charge on any atom is 0.267 e. The van der Waals surface area contributed by atoms with Crippen LogP contribution in [0.4, 0.5) is 5.13 Å². The number of aromatic nitrogens is 2. The van der Waals surface area contributed by atoms with Crippen LogP contribution in [-0.2, 0) is 4.79 Å². The van der Waals surface area contributed by atoms with Crippen molar-refractivity contribution in [3.05, 3.63) is 59.1 Å². The number of benzene rings is 2. The highest BCUT2D eigenvalue weighted by Crippen LogP contribution is 2.27. The summed E-state index contributed by atoms with van der Waals surface area (Å²) in [6.45, 7) is 3.90. The molecule has 0 saturated heterocycles. The van der Waals surface area contributed by atoms with E-state index in [-0.39, 0.29) is 5.91 Å². The van der Waals surface area contributed by atoms with Gasteiger partial charge in [-0.2, -0.15) is 0 Å². The highest BCUT2D eigenvalue weighted by molar-refractivity contribution is 7.18. The Labute approximate surface area is 161 Å². The molecule has 0 bridgehead atoms. The third-order valence-corrected chi connectivity index (χ3v) is 4.85. The fraction of sp³-hybridized carbons (Fsp3) is 0.211. The van der Waals surface area contributed by atoms with Gasteiger partial charge < -0.3 is 4.74 Å². The number of ether oxygens (including phenoxy) is 1. The van der Waals surface area contributed by atoms with Gasteiger partial charge in [0.25, 0.3) is 5.91 Å². The summed E-state index contributed by atoms with van der Waals surface area (Å²) in [7, 11) is 0. The van der Waals surface area contributed by atoms with Crippen LogP contribution in [0.25, 0.3) is 10.6 Å². The standard InChI is InChI=1S/C19H18ClN3O2S/c1-3-16(25-15-10-4-12(2)5-11-15)17(24)21-19-23-22-18(26-19)13-6-8-14(20)9-7-13/h4-11,16H,3H2,1-2H3,(H,21,23,24)/t16-/m0/s1. The average Bonchev–Trinajstić information content (AvgIpc) is 3.10. The molecular formula is C19H18ClN3O2S. The molecule has 0 unspecified atom stereocenters. The van der Waals surface area contributed by atoms with Crippen molar-refractivity contribution < 1.29 is 9.53 Å².